The molecule has 4 rings (SSSR count). The third-order valence-corrected chi connectivity index (χ3v) is 5.79. The predicted molar refractivity (Wildman–Crippen MR) is 129 cm³/mol. The van der Waals surface area contributed by atoms with Crippen LogP contribution in [-0.2, 0) is 19.3 Å². The fourth-order valence-electron chi connectivity index (χ4n) is 3.97. The Hall–Kier alpha value is -3.88. The lowest BCUT2D eigenvalue weighted by molar-refractivity contribution is -0.276. The van der Waals surface area contributed by atoms with Crippen LogP contribution in [0.3, 0.4) is 0 Å². The van der Waals surface area contributed by atoms with E-state index in [1.807, 2.05) is 13.0 Å². The molecule has 0 fully saturated rings. The maximum Gasteiger partial charge on any atom is 0.573 e. The molecule has 0 amide bonds. The first-order valence-corrected chi connectivity index (χ1v) is 11.5. The molecule has 0 bridgehead atoms. The minimum Gasteiger partial charge on any atom is -0.399 e. The van der Waals surface area contributed by atoms with Gasteiger partial charge in [-0.15, -0.1) is 13.2 Å². The molecule has 0 spiro atoms. The fourth-order valence-corrected chi connectivity index (χ4v) is 3.97. The first-order valence-electron chi connectivity index (χ1n) is 11.5. The highest BCUT2D eigenvalue weighted by Crippen LogP contribution is 2.31. The number of ether oxygens (including phenoxy) is 1. The van der Waals surface area contributed by atoms with Crippen molar-refractivity contribution in [3.05, 3.63) is 101 Å². The zero-order chi connectivity index (χ0) is 26.6. The van der Waals surface area contributed by atoms with Crippen LogP contribution >= 0.6 is 0 Å². The molecule has 0 saturated carbocycles. The van der Waals surface area contributed by atoms with Crippen LogP contribution in [0.1, 0.15) is 30.0 Å². The summed E-state index contributed by atoms with van der Waals surface area (Å²) >= 11 is 0. The van der Waals surface area contributed by atoms with Crippen molar-refractivity contribution in [2.75, 3.05) is 0 Å². The van der Waals surface area contributed by atoms with Crippen molar-refractivity contribution in [2.24, 2.45) is 0 Å². The molecule has 0 unspecified atom stereocenters. The Bertz CT molecular complexity index is 1410. The number of allylic oxidation sites excluding steroid dienone is 2. The van der Waals surface area contributed by atoms with Gasteiger partial charge in [-0.3, -0.25) is 0 Å². The van der Waals surface area contributed by atoms with Crippen molar-refractivity contribution < 1.29 is 31.1 Å². The second-order valence-electron chi connectivity index (χ2n) is 8.43. The molecule has 1 heterocycles. The molecule has 0 N–H and O–H groups in total. The van der Waals surface area contributed by atoms with Gasteiger partial charge in [-0.25, -0.2) is 23.1 Å². The summed E-state index contributed by atoms with van der Waals surface area (Å²) in [5, 5.41) is 0.987. The van der Waals surface area contributed by atoms with E-state index in [1.54, 1.807) is 42.7 Å². The van der Waals surface area contributed by atoms with Crippen molar-refractivity contribution >= 4 is 10.8 Å². The van der Waals surface area contributed by atoms with Gasteiger partial charge in [0.1, 0.15) is 5.82 Å². The normalized spacial score (nSPS) is 12.0. The topological polar surface area (TPSA) is 35.0 Å². The molecular formula is C28H22F6N2O. The minimum atomic E-state index is -5.22. The lowest BCUT2D eigenvalue weighted by atomic mass is 9.98. The Kier molecular flexibility index (Phi) is 7.80. The largest absolute Gasteiger partial charge is 0.573 e. The monoisotopic (exact) mass is 516 g/mol. The second kappa shape index (κ2) is 11.0. The average Bonchev–Trinajstić information content (AvgIpc) is 2.86. The summed E-state index contributed by atoms with van der Waals surface area (Å²) < 4.78 is 83.5. The zero-order valence-electron chi connectivity index (χ0n) is 19.7. The van der Waals surface area contributed by atoms with Crippen molar-refractivity contribution in [3.63, 3.8) is 0 Å². The molecule has 0 aliphatic heterocycles. The molecule has 9 heteroatoms. The average molecular weight is 516 g/mol. The van der Waals surface area contributed by atoms with Gasteiger partial charge in [0, 0.05) is 23.3 Å². The van der Waals surface area contributed by atoms with E-state index in [0.717, 1.165) is 36.1 Å². The Balaban J connectivity index is 1.49. The van der Waals surface area contributed by atoms with E-state index < -0.39 is 29.6 Å². The van der Waals surface area contributed by atoms with Crippen LogP contribution < -0.4 is 4.74 Å². The van der Waals surface area contributed by atoms with E-state index in [-0.39, 0.29) is 18.4 Å². The van der Waals surface area contributed by atoms with Crippen LogP contribution in [-0.4, -0.2) is 16.3 Å². The number of benzene rings is 3. The summed E-state index contributed by atoms with van der Waals surface area (Å²) in [6.07, 6.45) is 4.20. The number of rotatable bonds is 8. The highest BCUT2D eigenvalue weighted by molar-refractivity contribution is 5.87. The second-order valence-corrected chi connectivity index (χ2v) is 8.43. The Morgan fingerprint density at radius 1 is 0.838 bits per heavy atom. The summed E-state index contributed by atoms with van der Waals surface area (Å²) in [5.74, 6) is -4.44. The molecule has 0 aliphatic carbocycles. The number of hydrogen-bond acceptors (Lipinski definition) is 3. The van der Waals surface area contributed by atoms with Gasteiger partial charge in [0.2, 0.25) is 5.75 Å². The molecule has 3 nitrogen and oxygen atoms in total. The van der Waals surface area contributed by atoms with Gasteiger partial charge < -0.3 is 4.74 Å². The van der Waals surface area contributed by atoms with Gasteiger partial charge in [0.05, 0.1) is 0 Å². The molecule has 0 saturated heterocycles. The third kappa shape index (κ3) is 6.47. The van der Waals surface area contributed by atoms with Gasteiger partial charge in [0.15, 0.2) is 17.5 Å². The van der Waals surface area contributed by atoms with Crippen molar-refractivity contribution in [3.8, 4) is 17.1 Å². The Labute approximate surface area is 209 Å². The van der Waals surface area contributed by atoms with E-state index in [1.165, 1.54) is 0 Å². The SMILES string of the molecule is C/C=C/CCc1cnc(-c2ccc3c(F)c(CCc4cc(F)c(OC(F)(F)F)c(F)c4)ccc3c2)nc1. The summed E-state index contributed by atoms with van der Waals surface area (Å²) in [5.41, 5.74) is 2.12. The van der Waals surface area contributed by atoms with Crippen LogP contribution in [0.5, 0.6) is 5.75 Å². The maximum atomic E-state index is 15.2. The molecule has 0 aliphatic rings. The van der Waals surface area contributed by atoms with Crippen LogP contribution in [0.2, 0.25) is 0 Å². The molecular weight excluding hydrogens is 494 g/mol. The van der Waals surface area contributed by atoms with E-state index in [4.69, 9.17) is 0 Å². The number of halogens is 6. The number of hydrogen-bond donors (Lipinski definition) is 0. The first-order chi connectivity index (χ1) is 17.6. The lowest BCUT2D eigenvalue weighted by Gasteiger charge is -2.12. The minimum absolute atomic E-state index is 0.00881. The molecule has 37 heavy (non-hydrogen) atoms. The zero-order valence-corrected chi connectivity index (χ0v) is 19.7. The number of aryl methyl sites for hydroxylation is 3. The molecule has 3 aromatic carbocycles. The Morgan fingerprint density at radius 3 is 2.19 bits per heavy atom. The molecule has 0 radical (unpaired) electrons. The Morgan fingerprint density at radius 2 is 1.54 bits per heavy atom. The molecule has 192 valence electrons. The predicted octanol–water partition coefficient (Wildman–Crippen LogP) is 7.91. The quantitative estimate of drug-likeness (QED) is 0.176. The van der Waals surface area contributed by atoms with E-state index >= 15 is 4.39 Å². The smallest absolute Gasteiger partial charge is 0.399 e. The van der Waals surface area contributed by atoms with Crippen molar-refractivity contribution in [2.45, 2.75) is 39.0 Å². The standard InChI is InChI=1S/C28H22F6N2O/c1-2-3-4-5-18-15-35-27(36-16-18)21-10-11-22-20(14-21)9-8-19(25(22)31)7-6-17-12-23(29)26(24(30)13-17)37-28(32,33)34/h2-3,8-16H,4-7H2,1H3/b3-2+. The fraction of sp³-hybridized carbons (Fsp3) is 0.214. The molecule has 1 aromatic heterocycles. The molecule has 4 aromatic rings. The highest BCUT2D eigenvalue weighted by atomic mass is 19.4. The third-order valence-electron chi connectivity index (χ3n) is 5.79. The summed E-state index contributed by atoms with van der Waals surface area (Å²) in [7, 11) is 0. The molecule has 0 atom stereocenters. The van der Waals surface area contributed by atoms with E-state index in [9.17, 15) is 22.0 Å². The first kappa shape index (κ1) is 26.2. The summed E-state index contributed by atoms with van der Waals surface area (Å²) in [6, 6.07) is 9.91. The number of fused-ring (bicyclic) bond motifs is 1. The van der Waals surface area contributed by atoms with Gasteiger partial charge in [0.25, 0.3) is 0 Å². The van der Waals surface area contributed by atoms with Crippen LogP contribution in [0, 0.1) is 17.5 Å². The van der Waals surface area contributed by atoms with Gasteiger partial charge in [-0.05, 0) is 72.9 Å². The van der Waals surface area contributed by atoms with Crippen molar-refractivity contribution in [1.82, 2.24) is 9.97 Å². The van der Waals surface area contributed by atoms with Gasteiger partial charge >= 0.3 is 6.36 Å². The summed E-state index contributed by atoms with van der Waals surface area (Å²) in [4.78, 5) is 8.83. The lowest BCUT2D eigenvalue weighted by Crippen LogP contribution is -2.19. The van der Waals surface area contributed by atoms with Gasteiger partial charge in [-0.2, -0.15) is 0 Å². The van der Waals surface area contributed by atoms with Gasteiger partial charge in [-0.1, -0.05) is 36.4 Å². The highest BCUT2D eigenvalue weighted by Gasteiger charge is 2.34. The van der Waals surface area contributed by atoms with Crippen LogP contribution in [0.25, 0.3) is 22.2 Å². The van der Waals surface area contributed by atoms with Crippen molar-refractivity contribution in [1.29, 1.82) is 0 Å². The van der Waals surface area contributed by atoms with Crippen LogP contribution in [0.15, 0.2) is 67.0 Å². The van der Waals surface area contributed by atoms with Crippen LogP contribution in [0.4, 0.5) is 26.3 Å². The number of alkyl halides is 3. The maximum absolute atomic E-state index is 15.2. The van der Waals surface area contributed by atoms with E-state index in [0.29, 0.717) is 22.2 Å². The summed E-state index contributed by atoms with van der Waals surface area (Å²) in [6.45, 7) is 1.96. The number of aromatic nitrogens is 2. The van der Waals surface area contributed by atoms with E-state index in [2.05, 4.69) is 20.8 Å². The number of nitrogens with zero attached hydrogens (tertiary/aromatic N) is 2.